The van der Waals surface area contributed by atoms with Gasteiger partial charge in [-0.25, -0.2) is 0 Å². The third-order valence-electron chi connectivity index (χ3n) is 5.13. The Morgan fingerprint density at radius 3 is 2.32 bits per heavy atom. The van der Waals surface area contributed by atoms with Crippen LogP contribution in [0.2, 0.25) is 0 Å². The molecule has 0 fully saturated rings. The lowest BCUT2D eigenvalue weighted by Crippen LogP contribution is -2.21. The number of nitrogens with two attached hydrogens (primary N) is 1. The van der Waals surface area contributed by atoms with E-state index < -0.39 is 0 Å². The van der Waals surface area contributed by atoms with Gasteiger partial charge in [-0.05, 0) is 40.7 Å². The lowest BCUT2D eigenvalue weighted by molar-refractivity contribution is 0.653. The highest BCUT2D eigenvalue weighted by molar-refractivity contribution is 5.98. The predicted octanol–water partition coefficient (Wildman–Crippen LogP) is 4.90. The van der Waals surface area contributed by atoms with Crippen LogP contribution in [0.15, 0.2) is 65.9 Å². The molecule has 0 saturated carbocycles. The summed E-state index contributed by atoms with van der Waals surface area (Å²) in [6.45, 7) is 4.66. The van der Waals surface area contributed by atoms with Gasteiger partial charge in [0.1, 0.15) is 0 Å². The van der Waals surface area contributed by atoms with Gasteiger partial charge in [0.2, 0.25) is 0 Å². The van der Waals surface area contributed by atoms with Crippen LogP contribution in [0.1, 0.15) is 43.4 Å². The van der Waals surface area contributed by atoms with E-state index in [0.29, 0.717) is 0 Å². The van der Waals surface area contributed by atoms with Gasteiger partial charge in [-0.15, -0.1) is 0 Å². The van der Waals surface area contributed by atoms with Crippen molar-refractivity contribution in [2.75, 3.05) is 0 Å². The van der Waals surface area contributed by atoms with Crippen LogP contribution in [0.4, 0.5) is 0 Å². The van der Waals surface area contributed by atoms with Crippen LogP contribution in [0.5, 0.6) is 0 Å². The molecule has 2 aliphatic rings. The fourth-order valence-corrected chi connectivity index (χ4v) is 4.14. The minimum atomic E-state index is 0.0160. The molecule has 0 amide bonds. The lowest BCUT2D eigenvalue weighted by Gasteiger charge is -2.30. The van der Waals surface area contributed by atoms with Gasteiger partial charge in [0.15, 0.2) is 0 Å². The van der Waals surface area contributed by atoms with Crippen LogP contribution >= 0.6 is 0 Å². The third kappa shape index (κ3) is 1.72. The molecule has 4 rings (SSSR count). The molecular formula is C21H21N. The summed E-state index contributed by atoms with van der Waals surface area (Å²) in [5, 5.41) is 0. The molecule has 0 aromatic heterocycles. The van der Waals surface area contributed by atoms with Crippen molar-refractivity contribution in [1.29, 1.82) is 0 Å². The Morgan fingerprint density at radius 2 is 1.55 bits per heavy atom. The van der Waals surface area contributed by atoms with Crippen LogP contribution in [-0.4, -0.2) is 0 Å². The van der Waals surface area contributed by atoms with E-state index in [1.807, 2.05) is 0 Å². The standard InChI is InChI=1S/C21H21N/c1-21(2)17-11-7-6-10-15(17)16-12-13-18(22)19(20(16)21)14-8-4-3-5-9-14/h3-11H,12-13,22H2,1-2H3. The SMILES string of the molecule is CC1(C)C2=C(CCC(N)=C2c2ccccc2)c2ccccc21. The Labute approximate surface area is 132 Å². The van der Waals surface area contributed by atoms with Gasteiger partial charge in [-0.3, -0.25) is 0 Å². The molecular weight excluding hydrogens is 266 g/mol. The molecule has 0 heterocycles. The first-order chi connectivity index (χ1) is 10.6. The molecule has 0 spiro atoms. The maximum absolute atomic E-state index is 6.47. The van der Waals surface area contributed by atoms with Crippen molar-refractivity contribution in [2.24, 2.45) is 5.73 Å². The predicted molar refractivity (Wildman–Crippen MR) is 93.2 cm³/mol. The van der Waals surface area contributed by atoms with Crippen molar-refractivity contribution in [3.63, 3.8) is 0 Å². The summed E-state index contributed by atoms with van der Waals surface area (Å²) in [6.07, 6.45) is 2.01. The second-order valence-corrected chi connectivity index (χ2v) is 6.79. The van der Waals surface area contributed by atoms with Crippen molar-refractivity contribution >= 4 is 11.1 Å². The third-order valence-corrected chi connectivity index (χ3v) is 5.13. The zero-order valence-corrected chi connectivity index (χ0v) is 13.2. The van der Waals surface area contributed by atoms with E-state index in [4.69, 9.17) is 5.73 Å². The summed E-state index contributed by atoms with van der Waals surface area (Å²) in [5.41, 5.74) is 15.8. The van der Waals surface area contributed by atoms with Gasteiger partial charge >= 0.3 is 0 Å². The maximum Gasteiger partial charge on any atom is 0.0167 e. The van der Waals surface area contributed by atoms with E-state index in [1.165, 1.54) is 33.4 Å². The Morgan fingerprint density at radius 1 is 0.864 bits per heavy atom. The van der Waals surface area contributed by atoms with Crippen LogP contribution in [0.3, 0.4) is 0 Å². The summed E-state index contributed by atoms with van der Waals surface area (Å²) in [7, 11) is 0. The highest BCUT2D eigenvalue weighted by atomic mass is 14.6. The van der Waals surface area contributed by atoms with Gasteiger partial charge in [0.05, 0.1) is 0 Å². The molecule has 2 aromatic rings. The molecule has 0 atom stereocenters. The largest absolute Gasteiger partial charge is 0.402 e. The van der Waals surface area contributed by atoms with Crippen molar-refractivity contribution in [2.45, 2.75) is 32.1 Å². The normalized spacial score (nSPS) is 19.2. The van der Waals surface area contributed by atoms with Gasteiger partial charge < -0.3 is 5.73 Å². The molecule has 0 unspecified atom stereocenters. The molecule has 1 heteroatoms. The molecule has 110 valence electrons. The molecule has 22 heavy (non-hydrogen) atoms. The van der Waals surface area contributed by atoms with Crippen LogP contribution in [0, 0.1) is 0 Å². The first kappa shape index (κ1) is 13.4. The summed E-state index contributed by atoms with van der Waals surface area (Å²) in [5.74, 6) is 0. The Hall–Kier alpha value is -2.28. The quantitative estimate of drug-likeness (QED) is 0.793. The van der Waals surface area contributed by atoms with Crippen LogP contribution in [0.25, 0.3) is 11.1 Å². The number of fused-ring (bicyclic) bond motifs is 2. The zero-order chi connectivity index (χ0) is 15.3. The average Bonchev–Trinajstić information content (AvgIpc) is 2.77. The molecule has 0 saturated heterocycles. The smallest absolute Gasteiger partial charge is 0.0167 e. The number of allylic oxidation sites excluding steroid dienone is 4. The fourth-order valence-electron chi connectivity index (χ4n) is 4.14. The summed E-state index contributed by atoms with van der Waals surface area (Å²) in [4.78, 5) is 0. The number of hydrogen-bond acceptors (Lipinski definition) is 1. The Kier molecular flexibility index (Phi) is 2.80. The van der Waals surface area contributed by atoms with E-state index in [9.17, 15) is 0 Å². The van der Waals surface area contributed by atoms with Crippen molar-refractivity contribution in [3.8, 4) is 0 Å². The van der Waals surface area contributed by atoms with E-state index in [-0.39, 0.29) is 5.41 Å². The van der Waals surface area contributed by atoms with E-state index >= 15 is 0 Å². The van der Waals surface area contributed by atoms with Crippen LogP contribution in [-0.2, 0) is 5.41 Å². The highest BCUT2D eigenvalue weighted by Crippen LogP contribution is 2.55. The second-order valence-electron chi connectivity index (χ2n) is 6.79. The topological polar surface area (TPSA) is 26.0 Å². The van der Waals surface area contributed by atoms with Crippen LogP contribution < -0.4 is 5.73 Å². The second kappa shape index (κ2) is 4.61. The first-order valence-corrected chi connectivity index (χ1v) is 7.98. The number of rotatable bonds is 1. The number of benzene rings is 2. The van der Waals surface area contributed by atoms with Crippen molar-refractivity contribution in [1.82, 2.24) is 0 Å². The molecule has 0 bridgehead atoms. The van der Waals surface area contributed by atoms with E-state index in [0.717, 1.165) is 18.5 Å². The minimum Gasteiger partial charge on any atom is -0.402 e. The molecule has 0 aliphatic heterocycles. The lowest BCUT2D eigenvalue weighted by atomic mass is 9.74. The first-order valence-electron chi connectivity index (χ1n) is 7.98. The Bertz CT molecular complexity index is 807. The monoisotopic (exact) mass is 287 g/mol. The number of hydrogen-bond donors (Lipinski definition) is 1. The molecule has 2 N–H and O–H groups in total. The molecule has 1 nitrogen and oxygen atoms in total. The highest BCUT2D eigenvalue weighted by Gasteiger charge is 2.41. The summed E-state index contributed by atoms with van der Waals surface area (Å²) >= 11 is 0. The van der Waals surface area contributed by atoms with Gasteiger partial charge in [-0.2, -0.15) is 0 Å². The van der Waals surface area contributed by atoms with Crippen molar-refractivity contribution < 1.29 is 0 Å². The molecule has 0 radical (unpaired) electrons. The van der Waals surface area contributed by atoms with Gasteiger partial charge in [0.25, 0.3) is 0 Å². The molecule has 2 aromatic carbocycles. The summed E-state index contributed by atoms with van der Waals surface area (Å²) in [6, 6.07) is 19.4. The van der Waals surface area contributed by atoms with Gasteiger partial charge in [0, 0.05) is 16.7 Å². The van der Waals surface area contributed by atoms with Gasteiger partial charge in [-0.1, -0.05) is 68.4 Å². The van der Waals surface area contributed by atoms with E-state index in [1.54, 1.807) is 0 Å². The summed E-state index contributed by atoms with van der Waals surface area (Å²) < 4.78 is 0. The maximum atomic E-state index is 6.47. The van der Waals surface area contributed by atoms with E-state index in [2.05, 4.69) is 68.4 Å². The molecule has 2 aliphatic carbocycles. The average molecular weight is 287 g/mol. The minimum absolute atomic E-state index is 0.0160. The fraction of sp³-hybridized carbons (Fsp3) is 0.238. The van der Waals surface area contributed by atoms with Crippen molar-refractivity contribution in [3.05, 3.63) is 82.6 Å². The zero-order valence-electron chi connectivity index (χ0n) is 13.2. The Balaban J connectivity index is 1.99.